The van der Waals surface area contributed by atoms with Gasteiger partial charge in [-0.2, -0.15) is 0 Å². The van der Waals surface area contributed by atoms with Crippen molar-refractivity contribution in [3.63, 3.8) is 0 Å². The number of rotatable bonds is 6. The average Bonchev–Trinajstić information content (AvgIpc) is 2.47. The molecule has 114 valence electrons. The van der Waals surface area contributed by atoms with E-state index in [0.717, 1.165) is 5.56 Å². The van der Waals surface area contributed by atoms with Gasteiger partial charge < -0.3 is 9.64 Å². The molecule has 0 heterocycles. The number of methoxy groups -OCH3 is 1. The molecular weight excluding hydrogens is 265 g/mol. The van der Waals surface area contributed by atoms with Crippen LogP contribution in [0, 0.1) is 5.92 Å². The van der Waals surface area contributed by atoms with Crippen molar-refractivity contribution in [2.24, 2.45) is 5.92 Å². The number of ketones is 1. The van der Waals surface area contributed by atoms with Crippen LogP contribution in [0.2, 0.25) is 0 Å². The number of Topliss-reactive ketones (excluding diaryl/α,β-unsaturated/α-hetero) is 1. The maximum atomic E-state index is 12.0. The fraction of sp³-hybridized carbons (Fsp3) is 0.500. The zero-order valence-electron chi connectivity index (χ0n) is 13.6. The van der Waals surface area contributed by atoms with E-state index in [-0.39, 0.29) is 17.7 Å². The molecule has 0 N–H and O–H groups in total. The summed E-state index contributed by atoms with van der Waals surface area (Å²) in [4.78, 5) is 25.4. The molecule has 0 saturated heterocycles. The van der Waals surface area contributed by atoms with E-state index in [2.05, 4.69) is 0 Å². The van der Waals surface area contributed by atoms with Crippen molar-refractivity contribution in [1.82, 2.24) is 4.90 Å². The topological polar surface area (TPSA) is 46.6 Å². The quantitative estimate of drug-likeness (QED) is 0.749. The van der Waals surface area contributed by atoms with Crippen LogP contribution in [-0.4, -0.2) is 38.3 Å². The first-order valence-electron chi connectivity index (χ1n) is 7.30. The van der Waals surface area contributed by atoms with Crippen LogP contribution in [0.3, 0.4) is 0 Å². The predicted octanol–water partition coefficient (Wildman–Crippen LogP) is 1.69. The maximum absolute atomic E-state index is 12.0. The Hall–Kier alpha value is -1.78. The van der Waals surface area contributed by atoms with Gasteiger partial charge in [0.1, 0.15) is 13.6 Å². The van der Waals surface area contributed by atoms with Crippen LogP contribution >= 0.6 is 0 Å². The molecule has 0 saturated carbocycles. The minimum Gasteiger partial charge on any atom is -0.453 e. The van der Waals surface area contributed by atoms with E-state index in [1.54, 1.807) is 4.90 Å². The standard InChI is InChI=1S/C16H24BNO3/c1-11(2)15(19)9-10-18(16(20)21-4)12(3)13-5-7-14(17)8-6-13/h5-8,11-12H,9-10,17H2,1-4H3/t12-/m0/s1. The summed E-state index contributed by atoms with van der Waals surface area (Å²) < 4.78 is 4.85. The second kappa shape index (κ2) is 7.86. The molecule has 1 atom stereocenters. The molecular formula is C16H24BNO3. The minimum atomic E-state index is -0.403. The van der Waals surface area contributed by atoms with Crippen molar-refractivity contribution < 1.29 is 14.3 Å². The lowest BCUT2D eigenvalue weighted by molar-refractivity contribution is -0.122. The SMILES string of the molecule is Bc1ccc([C@H](C)N(CCC(=O)C(C)C)C(=O)OC)cc1. The summed E-state index contributed by atoms with van der Waals surface area (Å²) >= 11 is 0. The minimum absolute atomic E-state index is 0.0147. The number of ether oxygens (including phenoxy) is 1. The largest absolute Gasteiger partial charge is 0.453 e. The molecule has 0 bridgehead atoms. The molecule has 1 aromatic carbocycles. The van der Waals surface area contributed by atoms with E-state index in [4.69, 9.17) is 4.74 Å². The third-order valence-electron chi connectivity index (χ3n) is 3.68. The van der Waals surface area contributed by atoms with Gasteiger partial charge in [-0.1, -0.05) is 43.6 Å². The average molecular weight is 289 g/mol. The monoisotopic (exact) mass is 289 g/mol. The Kier molecular flexibility index (Phi) is 6.47. The second-order valence-electron chi connectivity index (χ2n) is 5.62. The number of carbonyl (C=O) groups is 2. The third-order valence-corrected chi connectivity index (χ3v) is 3.68. The molecule has 0 aromatic heterocycles. The van der Waals surface area contributed by atoms with Gasteiger partial charge in [0.25, 0.3) is 0 Å². The molecule has 1 aromatic rings. The summed E-state index contributed by atoms with van der Waals surface area (Å²) in [6, 6.07) is 7.90. The van der Waals surface area contributed by atoms with Crippen molar-refractivity contribution in [2.45, 2.75) is 33.2 Å². The summed E-state index contributed by atoms with van der Waals surface area (Å²) in [5, 5.41) is 0. The van der Waals surface area contributed by atoms with E-state index in [1.807, 2.05) is 52.9 Å². The Morgan fingerprint density at radius 2 is 1.76 bits per heavy atom. The summed E-state index contributed by atoms with van der Waals surface area (Å²) in [5.74, 6) is 0.138. The molecule has 0 unspecified atom stereocenters. The van der Waals surface area contributed by atoms with Gasteiger partial charge in [-0.05, 0) is 12.5 Å². The second-order valence-corrected chi connectivity index (χ2v) is 5.62. The van der Waals surface area contributed by atoms with Crippen molar-refractivity contribution in [1.29, 1.82) is 0 Å². The number of hydrogen-bond acceptors (Lipinski definition) is 3. The Morgan fingerprint density at radius 1 is 1.19 bits per heavy atom. The number of hydrogen-bond donors (Lipinski definition) is 0. The van der Waals surface area contributed by atoms with Crippen LogP contribution in [0.15, 0.2) is 24.3 Å². The van der Waals surface area contributed by atoms with Crippen molar-refractivity contribution in [2.75, 3.05) is 13.7 Å². The molecule has 0 aliphatic heterocycles. The highest BCUT2D eigenvalue weighted by molar-refractivity contribution is 6.32. The van der Waals surface area contributed by atoms with E-state index in [0.29, 0.717) is 13.0 Å². The van der Waals surface area contributed by atoms with Crippen LogP contribution in [0.1, 0.15) is 38.8 Å². The van der Waals surface area contributed by atoms with Crippen LogP contribution < -0.4 is 5.46 Å². The molecule has 0 aliphatic rings. The number of benzene rings is 1. The Balaban J connectivity index is 2.84. The first-order chi connectivity index (χ1) is 9.86. The number of amides is 1. The zero-order valence-corrected chi connectivity index (χ0v) is 13.6. The first-order valence-corrected chi connectivity index (χ1v) is 7.30. The van der Waals surface area contributed by atoms with Crippen molar-refractivity contribution in [3.8, 4) is 0 Å². The van der Waals surface area contributed by atoms with E-state index >= 15 is 0 Å². The highest BCUT2D eigenvalue weighted by atomic mass is 16.5. The molecule has 1 rings (SSSR count). The van der Waals surface area contributed by atoms with Gasteiger partial charge in [0.15, 0.2) is 0 Å². The molecule has 1 amide bonds. The van der Waals surface area contributed by atoms with Crippen molar-refractivity contribution >= 4 is 25.2 Å². The molecule has 0 radical (unpaired) electrons. The smallest absolute Gasteiger partial charge is 0.409 e. The van der Waals surface area contributed by atoms with Crippen LogP contribution in [0.5, 0.6) is 0 Å². The van der Waals surface area contributed by atoms with Gasteiger partial charge in [-0.25, -0.2) is 4.79 Å². The molecule has 0 spiro atoms. The van der Waals surface area contributed by atoms with E-state index < -0.39 is 6.09 Å². The van der Waals surface area contributed by atoms with E-state index in [1.165, 1.54) is 12.6 Å². The van der Waals surface area contributed by atoms with Gasteiger partial charge in [-0.3, -0.25) is 4.79 Å². The Labute approximate surface area is 127 Å². The summed E-state index contributed by atoms with van der Waals surface area (Å²) in [6.07, 6.45) is -0.0530. The Bertz CT molecular complexity index is 485. The third kappa shape index (κ3) is 4.92. The number of nitrogens with zero attached hydrogens (tertiary/aromatic N) is 1. The summed E-state index contributed by atoms with van der Waals surface area (Å²) in [7, 11) is 3.38. The van der Waals surface area contributed by atoms with Gasteiger partial charge in [-0.15, -0.1) is 0 Å². The lowest BCUT2D eigenvalue weighted by atomic mass is 9.94. The fourth-order valence-electron chi connectivity index (χ4n) is 2.10. The normalized spacial score (nSPS) is 12.0. The molecule has 4 nitrogen and oxygen atoms in total. The van der Waals surface area contributed by atoms with Gasteiger partial charge >= 0.3 is 6.09 Å². The maximum Gasteiger partial charge on any atom is 0.409 e. The summed E-state index contributed by atoms with van der Waals surface area (Å²) in [6.45, 7) is 6.06. The first kappa shape index (κ1) is 17.3. The van der Waals surface area contributed by atoms with E-state index in [9.17, 15) is 9.59 Å². The van der Waals surface area contributed by atoms with Crippen LogP contribution in [0.25, 0.3) is 0 Å². The lowest BCUT2D eigenvalue weighted by Gasteiger charge is -2.28. The predicted molar refractivity (Wildman–Crippen MR) is 86.6 cm³/mol. The Morgan fingerprint density at radius 3 is 2.24 bits per heavy atom. The molecule has 21 heavy (non-hydrogen) atoms. The lowest BCUT2D eigenvalue weighted by Crippen LogP contribution is -2.35. The van der Waals surface area contributed by atoms with Crippen LogP contribution in [0.4, 0.5) is 4.79 Å². The van der Waals surface area contributed by atoms with Crippen LogP contribution in [-0.2, 0) is 9.53 Å². The van der Waals surface area contributed by atoms with Crippen molar-refractivity contribution in [3.05, 3.63) is 29.8 Å². The fourth-order valence-corrected chi connectivity index (χ4v) is 2.10. The molecule has 5 heteroatoms. The van der Waals surface area contributed by atoms with Gasteiger partial charge in [0.2, 0.25) is 0 Å². The highest BCUT2D eigenvalue weighted by Gasteiger charge is 2.23. The van der Waals surface area contributed by atoms with Gasteiger partial charge in [0, 0.05) is 18.9 Å². The van der Waals surface area contributed by atoms with Gasteiger partial charge in [0.05, 0.1) is 13.2 Å². The number of carbonyl (C=O) groups excluding carboxylic acids is 2. The molecule has 0 fully saturated rings. The zero-order chi connectivity index (χ0) is 16.0. The highest BCUT2D eigenvalue weighted by Crippen LogP contribution is 2.21. The molecule has 0 aliphatic carbocycles. The summed E-state index contributed by atoms with van der Waals surface area (Å²) in [5.41, 5.74) is 2.20.